The van der Waals surface area contributed by atoms with E-state index in [0.717, 1.165) is 18.4 Å². The van der Waals surface area contributed by atoms with Crippen molar-refractivity contribution in [3.8, 4) is 5.75 Å². The minimum absolute atomic E-state index is 0.316. The molecule has 0 saturated carbocycles. The van der Waals surface area contributed by atoms with Crippen LogP contribution in [0.15, 0.2) is 24.3 Å². The predicted molar refractivity (Wildman–Crippen MR) is 94.6 cm³/mol. The molecular formula is C18H31O4P. The molecule has 0 aromatic heterocycles. The molecule has 0 spiro atoms. The van der Waals surface area contributed by atoms with Crippen LogP contribution in [0.25, 0.3) is 0 Å². The van der Waals surface area contributed by atoms with Gasteiger partial charge in [0.2, 0.25) is 0 Å². The van der Waals surface area contributed by atoms with E-state index in [4.69, 9.17) is 14.3 Å². The summed E-state index contributed by atoms with van der Waals surface area (Å²) in [6.45, 7) is 4.41. The van der Waals surface area contributed by atoms with Crippen LogP contribution in [-0.4, -0.2) is 9.79 Å². The normalized spacial score (nSPS) is 13.0. The molecule has 0 radical (unpaired) electrons. The molecule has 0 fully saturated rings. The molecule has 0 aliphatic rings. The van der Waals surface area contributed by atoms with Crippen molar-refractivity contribution in [2.24, 2.45) is 5.92 Å². The number of phosphoric ester groups is 1. The molecular weight excluding hydrogens is 311 g/mol. The molecule has 0 amide bonds. The zero-order chi connectivity index (χ0) is 17.1. The number of para-hydroxylation sites is 1. The smallest absolute Gasteiger partial charge is 0.404 e. The summed E-state index contributed by atoms with van der Waals surface area (Å²) in [5.74, 6) is 0.865. The van der Waals surface area contributed by atoms with Crippen LogP contribution in [0.3, 0.4) is 0 Å². The van der Waals surface area contributed by atoms with E-state index in [2.05, 4.69) is 13.8 Å². The molecule has 4 nitrogen and oxygen atoms in total. The van der Waals surface area contributed by atoms with Gasteiger partial charge in [-0.15, -0.1) is 0 Å². The molecule has 0 bridgehead atoms. The van der Waals surface area contributed by atoms with Gasteiger partial charge < -0.3 is 4.52 Å². The fourth-order valence-corrected chi connectivity index (χ4v) is 3.34. The molecule has 23 heavy (non-hydrogen) atoms. The fourth-order valence-electron chi connectivity index (χ4n) is 2.90. The van der Waals surface area contributed by atoms with Gasteiger partial charge in [-0.1, -0.05) is 83.4 Å². The largest absolute Gasteiger partial charge is 0.524 e. The molecule has 5 heteroatoms. The van der Waals surface area contributed by atoms with Crippen molar-refractivity contribution in [3.63, 3.8) is 0 Å². The standard InChI is InChI=1S/C18H31O4P/c1-3-5-7-8-12-16(11-6-4-2)15-17-13-9-10-14-18(17)22-23(19,20)21/h9-10,13-14,16H,3-8,11-12,15H2,1-2H3,(H2,19,20,21). The molecule has 1 unspecified atom stereocenters. The number of phosphoric acid groups is 1. The molecule has 1 atom stereocenters. The number of rotatable bonds is 12. The van der Waals surface area contributed by atoms with Crippen LogP contribution in [0.2, 0.25) is 0 Å². The second-order valence-electron chi connectivity index (χ2n) is 6.25. The van der Waals surface area contributed by atoms with E-state index < -0.39 is 7.82 Å². The number of unbranched alkanes of at least 4 members (excludes halogenated alkanes) is 4. The molecule has 132 valence electrons. The maximum atomic E-state index is 11.1. The minimum atomic E-state index is -4.51. The Bertz CT molecular complexity index is 484. The van der Waals surface area contributed by atoms with Crippen LogP contribution < -0.4 is 4.52 Å². The van der Waals surface area contributed by atoms with Crippen LogP contribution in [0, 0.1) is 5.92 Å². The van der Waals surface area contributed by atoms with Gasteiger partial charge >= 0.3 is 7.82 Å². The van der Waals surface area contributed by atoms with Crippen LogP contribution in [0.5, 0.6) is 5.75 Å². The summed E-state index contributed by atoms with van der Waals surface area (Å²) in [6, 6.07) is 7.20. The van der Waals surface area contributed by atoms with Gasteiger partial charge in [0.15, 0.2) is 0 Å². The third kappa shape index (κ3) is 9.14. The Hall–Kier alpha value is -0.830. The lowest BCUT2D eigenvalue weighted by Crippen LogP contribution is -2.07. The highest BCUT2D eigenvalue weighted by Gasteiger charge is 2.19. The van der Waals surface area contributed by atoms with Crippen molar-refractivity contribution >= 4 is 7.82 Å². The molecule has 0 heterocycles. The van der Waals surface area contributed by atoms with Crippen LogP contribution in [-0.2, 0) is 11.0 Å². The summed E-state index contributed by atoms with van der Waals surface area (Å²) in [5.41, 5.74) is 0.896. The van der Waals surface area contributed by atoms with E-state index in [1.54, 1.807) is 12.1 Å². The van der Waals surface area contributed by atoms with Crippen LogP contribution in [0.4, 0.5) is 0 Å². The highest BCUT2D eigenvalue weighted by atomic mass is 31.2. The Morgan fingerprint density at radius 2 is 1.65 bits per heavy atom. The zero-order valence-corrected chi connectivity index (χ0v) is 15.3. The van der Waals surface area contributed by atoms with Gasteiger partial charge in [-0.2, -0.15) is 0 Å². The van der Waals surface area contributed by atoms with Gasteiger partial charge in [0.05, 0.1) is 0 Å². The molecule has 0 aliphatic heterocycles. The molecule has 0 aliphatic carbocycles. The fraction of sp³-hybridized carbons (Fsp3) is 0.667. The Kier molecular flexibility index (Phi) is 9.54. The third-order valence-corrected chi connectivity index (χ3v) is 4.56. The molecule has 2 N–H and O–H groups in total. The quantitative estimate of drug-likeness (QED) is 0.390. The summed E-state index contributed by atoms with van der Waals surface area (Å²) >= 11 is 0. The van der Waals surface area contributed by atoms with E-state index in [-0.39, 0.29) is 0 Å². The third-order valence-electron chi connectivity index (χ3n) is 4.13. The number of benzene rings is 1. The van der Waals surface area contributed by atoms with Crippen molar-refractivity contribution in [1.29, 1.82) is 0 Å². The maximum absolute atomic E-state index is 11.1. The van der Waals surface area contributed by atoms with Gasteiger partial charge in [0.25, 0.3) is 0 Å². The lowest BCUT2D eigenvalue weighted by molar-refractivity contribution is 0.281. The molecule has 1 rings (SSSR count). The van der Waals surface area contributed by atoms with Crippen molar-refractivity contribution in [1.82, 2.24) is 0 Å². The second-order valence-corrected chi connectivity index (χ2v) is 7.42. The van der Waals surface area contributed by atoms with Gasteiger partial charge in [0.1, 0.15) is 5.75 Å². The summed E-state index contributed by atoms with van der Waals surface area (Å²) in [5, 5.41) is 0. The van der Waals surface area contributed by atoms with Crippen molar-refractivity contribution < 1.29 is 18.9 Å². The second kappa shape index (κ2) is 10.9. The summed E-state index contributed by atoms with van der Waals surface area (Å²) < 4.78 is 16.0. The van der Waals surface area contributed by atoms with E-state index in [0.29, 0.717) is 11.7 Å². The van der Waals surface area contributed by atoms with Gasteiger partial charge in [0, 0.05) is 0 Å². The van der Waals surface area contributed by atoms with Gasteiger partial charge in [-0.3, -0.25) is 9.79 Å². The maximum Gasteiger partial charge on any atom is 0.524 e. The SMILES string of the molecule is CCCCCCC(CCCC)Cc1ccccc1OP(=O)(O)O. The van der Waals surface area contributed by atoms with E-state index in [1.165, 1.54) is 44.9 Å². The Morgan fingerprint density at radius 3 is 2.30 bits per heavy atom. The topological polar surface area (TPSA) is 66.8 Å². The Balaban J connectivity index is 2.71. The monoisotopic (exact) mass is 342 g/mol. The zero-order valence-electron chi connectivity index (χ0n) is 14.4. The first kappa shape index (κ1) is 20.2. The van der Waals surface area contributed by atoms with Gasteiger partial charge in [-0.25, -0.2) is 4.57 Å². The number of hydrogen-bond acceptors (Lipinski definition) is 2. The lowest BCUT2D eigenvalue weighted by atomic mass is 9.89. The Morgan fingerprint density at radius 1 is 1.00 bits per heavy atom. The number of hydrogen-bond donors (Lipinski definition) is 2. The minimum Gasteiger partial charge on any atom is -0.404 e. The first-order valence-corrected chi connectivity index (χ1v) is 10.3. The van der Waals surface area contributed by atoms with E-state index in [1.807, 2.05) is 12.1 Å². The van der Waals surface area contributed by atoms with Gasteiger partial charge in [-0.05, 0) is 24.0 Å². The van der Waals surface area contributed by atoms with E-state index in [9.17, 15) is 4.57 Å². The van der Waals surface area contributed by atoms with E-state index >= 15 is 0 Å². The predicted octanol–water partition coefficient (Wildman–Crippen LogP) is 5.48. The summed E-state index contributed by atoms with van der Waals surface area (Å²) in [6.07, 6.45) is 10.5. The first-order valence-electron chi connectivity index (χ1n) is 8.79. The lowest BCUT2D eigenvalue weighted by Gasteiger charge is -2.19. The van der Waals surface area contributed by atoms with Crippen molar-refractivity contribution in [2.45, 2.75) is 71.6 Å². The summed E-state index contributed by atoms with van der Waals surface area (Å²) in [4.78, 5) is 18.1. The van der Waals surface area contributed by atoms with Crippen molar-refractivity contribution in [2.75, 3.05) is 0 Å². The molecule has 1 aromatic carbocycles. The average molecular weight is 342 g/mol. The highest BCUT2D eigenvalue weighted by molar-refractivity contribution is 7.46. The van der Waals surface area contributed by atoms with Crippen LogP contribution in [0.1, 0.15) is 70.8 Å². The molecule has 0 saturated heterocycles. The first-order chi connectivity index (χ1) is 11.0. The highest BCUT2D eigenvalue weighted by Crippen LogP contribution is 2.40. The van der Waals surface area contributed by atoms with Crippen LogP contribution >= 0.6 is 7.82 Å². The average Bonchev–Trinajstić information content (AvgIpc) is 2.49. The Labute approximate surface area is 140 Å². The van der Waals surface area contributed by atoms with Crippen molar-refractivity contribution in [3.05, 3.63) is 29.8 Å². The summed E-state index contributed by atoms with van der Waals surface area (Å²) in [7, 11) is -4.51. The molecule has 1 aromatic rings.